The number of hydrogen-bond acceptors (Lipinski definition) is 3. The number of ether oxygens (including phenoxy) is 1. The van der Waals surface area contributed by atoms with Crippen molar-refractivity contribution in [2.75, 3.05) is 26.2 Å². The van der Waals surface area contributed by atoms with Crippen molar-refractivity contribution in [2.45, 2.75) is 88.7 Å². The third-order valence-corrected chi connectivity index (χ3v) is 6.34. The lowest BCUT2D eigenvalue weighted by Crippen LogP contribution is -2.60. The maximum absolute atomic E-state index is 12.7. The van der Waals surface area contributed by atoms with Gasteiger partial charge < -0.3 is 10.1 Å². The van der Waals surface area contributed by atoms with Gasteiger partial charge in [0.05, 0.1) is 0 Å². The smallest absolute Gasteiger partial charge is 0.252 e. The van der Waals surface area contributed by atoms with Crippen LogP contribution in [0.1, 0.15) is 77.6 Å². The normalized spacial score (nSPS) is 32.4. The van der Waals surface area contributed by atoms with Gasteiger partial charge in [-0.2, -0.15) is 0 Å². The van der Waals surface area contributed by atoms with E-state index in [1.54, 1.807) is 0 Å². The summed E-state index contributed by atoms with van der Waals surface area (Å²) in [4.78, 5) is 15.4. The molecule has 23 heavy (non-hydrogen) atoms. The van der Waals surface area contributed by atoms with Crippen LogP contribution in [0.15, 0.2) is 0 Å². The third kappa shape index (κ3) is 3.90. The van der Waals surface area contributed by atoms with E-state index in [4.69, 9.17) is 4.74 Å². The molecule has 1 aliphatic carbocycles. The molecule has 2 aliphatic heterocycles. The average Bonchev–Trinajstić information content (AvgIpc) is 2.62. The van der Waals surface area contributed by atoms with Crippen molar-refractivity contribution in [3.63, 3.8) is 0 Å². The topological polar surface area (TPSA) is 41.6 Å². The highest BCUT2D eigenvalue weighted by Crippen LogP contribution is 2.35. The van der Waals surface area contributed by atoms with E-state index in [9.17, 15) is 4.79 Å². The van der Waals surface area contributed by atoms with Crippen molar-refractivity contribution in [1.82, 2.24) is 10.2 Å². The van der Waals surface area contributed by atoms with Crippen LogP contribution in [0.4, 0.5) is 0 Å². The minimum absolute atomic E-state index is 0.110. The lowest BCUT2D eigenvalue weighted by Gasteiger charge is -2.48. The second-order valence-electron chi connectivity index (χ2n) is 8.05. The molecule has 3 fully saturated rings. The van der Waals surface area contributed by atoms with Gasteiger partial charge in [0.1, 0.15) is 5.60 Å². The maximum Gasteiger partial charge on any atom is 0.252 e. The van der Waals surface area contributed by atoms with Crippen molar-refractivity contribution < 1.29 is 9.53 Å². The summed E-state index contributed by atoms with van der Waals surface area (Å²) < 4.78 is 5.82. The Hall–Kier alpha value is -0.610. The first-order valence-corrected chi connectivity index (χ1v) is 9.82. The van der Waals surface area contributed by atoms with Gasteiger partial charge in [0.25, 0.3) is 5.91 Å². The number of hydrogen-bond donors (Lipinski definition) is 1. The molecule has 1 saturated carbocycles. The van der Waals surface area contributed by atoms with Gasteiger partial charge in [0.2, 0.25) is 0 Å². The standard InChI is InChI=1S/C19H34N2O2/c1-18(10-6-9-15-23-18)17(22)20-16-19(11-4-2-5-12-19)21-13-7-3-8-14-21/h2-16H2,1H3,(H,20,22). The van der Waals surface area contributed by atoms with Crippen LogP contribution in [0.3, 0.4) is 0 Å². The zero-order valence-corrected chi connectivity index (χ0v) is 14.9. The van der Waals surface area contributed by atoms with Crippen molar-refractivity contribution in [3.05, 3.63) is 0 Å². The molecule has 1 N–H and O–H groups in total. The molecule has 1 atom stereocenters. The third-order valence-electron chi connectivity index (χ3n) is 6.34. The summed E-state index contributed by atoms with van der Waals surface area (Å²) >= 11 is 0. The van der Waals surface area contributed by atoms with Crippen molar-refractivity contribution in [3.8, 4) is 0 Å². The van der Waals surface area contributed by atoms with Crippen LogP contribution < -0.4 is 5.32 Å². The Kier molecular flexibility index (Phi) is 5.63. The largest absolute Gasteiger partial charge is 0.365 e. The molecule has 1 amide bonds. The van der Waals surface area contributed by atoms with E-state index >= 15 is 0 Å². The average molecular weight is 322 g/mol. The zero-order chi connectivity index (χ0) is 16.2. The Morgan fingerprint density at radius 2 is 1.61 bits per heavy atom. The van der Waals surface area contributed by atoms with Gasteiger partial charge in [-0.05, 0) is 65.0 Å². The second-order valence-corrected chi connectivity index (χ2v) is 8.05. The van der Waals surface area contributed by atoms with Crippen LogP contribution >= 0.6 is 0 Å². The molecule has 1 unspecified atom stereocenters. The fourth-order valence-electron chi connectivity index (χ4n) is 4.73. The van der Waals surface area contributed by atoms with Gasteiger partial charge in [-0.1, -0.05) is 25.7 Å². The fourth-order valence-corrected chi connectivity index (χ4v) is 4.73. The van der Waals surface area contributed by atoms with E-state index in [0.29, 0.717) is 0 Å². The summed E-state index contributed by atoms with van der Waals surface area (Å²) in [5, 5.41) is 3.30. The number of amides is 1. The number of piperidine rings is 1. The summed E-state index contributed by atoms with van der Waals surface area (Å²) in [6.07, 6.45) is 13.5. The predicted molar refractivity (Wildman–Crippen MR) is 92.5 cm³/mol. The number of nitrogens with zero attached hydrogens (tertiary/aromatic N) is 1. The van der Waals surface area contributed by atoms with Crippen molar-refractivity contribution in [1.29, 1.82) is 0 Å². The van der Waals surface area contributed by atoms with Crippen molar-refractivity contribution in [2.24, 2.45) is 0 Å². The molecule has 132 valence electrons. The molecule has 4 nitrogen and oxygen atoms in total. The SMILES string of the molecule is CC1(C(=O)NCC2(N3CCCCC3)CCCCC2)CCCCO1. The van der Waals surface area contributed by atoms with E-state index < -0.39 is 5.60 Å². The van der Waals surface area contributed by atoms with Crippen LogP contribution in [0.25, 0.3) is 0 Å². The minimum Gasteiger partial charge on any atom is -0.365 e. The molecule has 0 spiro atoms. The van der Waals surface area contributed by atoms with E-state index in [0.717, 1.165) is 32.4 Å². The molecule has 4 heteroatoms. The first-order chi connectivity index (χ1) is 11.1. The van der Waals surface area contributed by atoms with Crippen LogP contribution in [0.5, 0.6) is 0 Å². The Morgan fingerprint density at radius 3 is 2.26 bits per heavy atom. The monoisotopic (exact) mass is 322 g/mol. The molecule has 0 radical (unpaired) electrons. The second kappa shape index (κ2) is 7.52. The quantitative estimate of drug-likeness (QED) is 0.864. The Balaban J connectivity index is 1.63. The number of nitrogens with one attached hydrogen (secondary N) is 1. The highest BCUT2D eigenvalue weighted by Gasteiger charge is 2.41. The van der Waals surface area contributed by atoms with Gasteiger partial charge in [-0.25, -0.2) is 0 Å². The Morgan fingerprint density at radius 1 is 0.957 bits per heavy atom. The summed E-state index contributed by atoms with van der Waals surface area (Å²) in [5.41, 5.74) is -0.393. The predicted octanol–water partition coefficient (Wildman–Crippen LogP) is 3.25. The summed E-state index contributed by atoms with van der Waals surface area (Å²) in [6.45, 7) is 5.93. The summed E-state index contributed by atoms with van der Waals surface area (Å²) in [5.74, 6) is 0.110. The molecule has 3 aliphatic rings. The van der Waals surface area contributed by atoms with Crippen molar-refractivity contribution >= 4 is 5.91 Å². The lowest BCUT2D eigenvalue weighted by atomic mass is 9.79. The van der Waals surface area contributed by atoms with Gasteiger partial charge in [0.15, 0.2) is 0 Å². The summed E-state index contributed by atoms with van der Waals surface area (Å²) in [7, 11) is 0. The molecule has 2 heterocycles. The lowest BCUT2D eigenvalue weighted by molar-refractivity contribution is -0.151. The Labute approximate surface area is 141 Å². The van der Waals surface area contributed by atoms with E-state index in [-0.39, 0.29) is 11.4 Å². The first kappa shape index (κ1) is 17.2. The highest BCUT2D eigenvalue weighted by atomic mass is 16.5. The number of likely N-dealkylation sites (tertiary alicyclic amines) is 1. The molecular formula is C19H34N2O2. The van der Waals surface area contributed by atoms with Crippen LogP contribution in [0.2, 0.25) is 0 Å². The molecule has 0 aromatic rings. The zero-order valence-electron chi connectivity index (χ0n) is 14.9. The fraction of sp³-hybridized carbons (Fsp3) is 0.947. The van der Waals surface area contributed by atoms with Crippen LogP contribution in [-0.4, -0.2) is 48.2 Å². The molecule has 3 rings (SSSR count). The van der Waals surface area contributed by atoms with E-state index in [2.05, 4.69) is 10.2 Å². The van der Waals surface area contributed by atoms with Crippen LogP contribution in [0, 0.1) is 0 Å². The van der Waals surface area contributed by atoms with Gasteiger partial charge >= 0.3 is 0 Å². The summed E-state index contributed by atoms with van der Waals surface area (Å²) in [6, 6.07) is 0. The minimum atomic E-state index is -0.601. The molecular weight excluding hydrogens is 288 g/mol. The highest BCUT2D eigenvalue weighted by molar-refractivity contribution is 5.84. The number of rotatable bonds is 4. The van der Waals surface area contributed by atoms with Gasteiger partial charge in [-0.3, -0.25) is 9.69 Å². The molecule has 0 aromatic carbocycles. The molecule has 0 bridgehead atoms. The maximum atomic E-state index is 12.7. The van der Waals surface area contributed by atoms with Crippen LogP contribution in [-0.2, 0) is 9.53 Å². The molecule has 0 aromatic heterocycles. The number of carbonyl (C=O) groups is 1. The van der Waals surface area contributed by atoms with E-state index in [1.165, 1.54) is 64.5 Å². The molecule has 2 saturated heterocycles. The number of carbonyl (C=O) groups excluding carboxylic acids is 1. The van der Waals surface area contributed by atoms with E-state index in [1.807, 2.05) is 6.92 Å². The Bertz CT molecular complexity index is 392. The van der Waals surface area contributed by atoms with Gasteiger partial charge in [0, 0.05) is 18.7 Å². The van der Waals surface area contributed by atoms with Gasteiger partial charge in [-0.15, -0.1) is 0 Å². The first-order valence-electron chi connectivity index (χ1n) is 9.82.